The highest BCUT2D eigenvalue weighted by Crippen LogP contribution is 2.18. The first-order valence-corrected chi connectivity index (χ1v) is 6.51. The second-order valence-corrected chi connectivity index (χ2v) is 4.77. The van der Waals surface area contributed by atoms with Crippen molar-refractivity contribution in [3.05, 3.63) is 11.4 Å². The van der Waals surface area contributed by atoms with Crippen LogP contribution in [0.25, 0.3) is 0 Å². The highest BCUT2D eigenvalue weighted by Gasteiger charge is 2.26. The second-order valence-electron chi connectivity index (χ2n) is 4.77. The van der Waals surface area contributed by atoms with Crippen molar-refractivity contribution in [2.45, 2.75) is 19.9 Å². The van der Waals surface area contributed by atoms with Gasteiger partial charge in [0.25, 0.3) is 5.91 Å². The number of methoxy groups -OCH3 is 2. The summed E-state index contributed by atoms with van der Waals surface area (Å²) >= 11 is 0. The zero-order chi connectivity index (χ0) is 15.3. The van der Waals surface area contributed by atoms with Crippen LogP contribution in [-0.2, 0) is 16.5 Å². The molecule has 0 spiro atoms. The first-order valence-electron chi connectivity index (χ1n) is 6.51. The van der Waals surface area contributed by atoms with Gasteiger partial charge in [0.15, 0.2) is 0 Å². The van der Waals surface area contributed by atoms with E-state index in [1.54, 1.807) is 33.1 Å². The van der Waals surface area contributed by atoms with Crippen LogP contribution >= 0.6 is 0 Å². The van der Waals surface area contributed by atoms with Gasteiger partial charge in [0.2, 0.25) is 0 Å². The molecule has 1 atom stereocenters. The Labute approximate surface area is 119 Å². The van der Waals surface area contributed by atoms with Gasteiger partial charge >= 0.3 is 0 Å². The third kappa shape index (κ3) is 3.49. The predicted molar refractivity (Wildman–Crippen MR) is 76.6 cm³/mol. The van der Waals surface area contributed by atoms with Crippen LogP contribution in [0, 0.1) is 6.92 Å². The van der Waals surface area contributed by atoms with Crippen LogP contribution < -0.4 is 5.73 Å². The Morgan fingerprint density at radius 2 is 2.10 bits per heavy atom. The first-order chi connectivity index (χ1) is 9.43. The minimum Gasteiger partial charge on any atom is -0.395 e. The standard InChI is InChI=1S/C13H24N4O3/c1-9(8-20-5)17(6-7-19-4)13(18)12-11(14)10(2)15-16(12)3/h9H,6-8,14H2,1-5H3. The molecule has 1 aromatic rings. The summed E-state index contributed by atoms with van der Waals surface area (Å²) in [6.07, 6.45) is 0. The van der Waals surface area contributed by atoms with Crippen LogP contribution in [-0.4, -0.2) is 60.6 Å². The molecule has 1 aromatic heterocycles. The van der Waals surface area contributed by atoms with Crippen LogP contribution in [0.15, 0.2) is 0 Å². The Morgan fingerprint density at radius 1 is 1.45 bits per heavy atom. The molecule has 0 aliphatic carbocycles. The van der Waals surface area contributed by atoms with Crippen molar-refractivity contribution in [3.8, 4) is 0 Å². The van der Waals surface area contributed by atoms with E-state index in [9.17, 15) is 4.79 Å². The van der Waals surface area contributed by atoms with E-state index in [2.05, 4.69) is 5.10 Å². The first kappa shape index (κ1) is 16.5. The van der Waals surface area contributed by atoms with Crippen LogP contribution in [0.1, 0.15) is 23.1 Å². The summed E-state index contributed by atoms with van der Waals surface area (Å²) in [6, 6.07) is -0.0720. The van der Waals surface area contributed by atoms with Crippen molar-refractivity contribution >= 4 is 11.6 Å². The number of aromatic nitrogens is 2. The van der Waals surface area contributed by atoms with Gasteiger partial charge < -0.3 is 20.1 Å². The molecule has 0 aliphatic rings. The molecule has 0 bridgehead atoms. The lowest BCUT2D eigenvalue weighted by Crippen LogP contribution is -2.43. The van der Waals surface area contributed by atoms with Gasteiger partial charge in [-0.05, 0) is 13.8 Å². The molecule has 0 radical (unpaired) electrons. The van der Waals surface area contributed by atoms with E-state index in [0.717, 1.165) is 0 Å². The fourth-order valence-corrected chi connectivity index (χ4v) is 2.11. The van der Waals surface area contributed by atoms with Gasteiger partial charge in [-0.15, -0.1) is 0 Å². The molecule has 2 N–H and O–H groups in total. The monoisotopic (exact) mass is 284 g/mol. The number of hydrogen-bond donors (Lipinski definition) is 1. The molecule has 1 amide bonds. The molecule has 0 aliphatic heterocycles. The van der Waals surface area contributed by atoms with E-state index in [1.165, 1.54) is 4.68 Å². The summed E-state index contributed by atoms with van der Waals surface area (Å²) in [5, 5.41) is 4.18. The lowest BCUT2D eigenvalue weighted by molar-refractivity contribution is 0.0471. The van der Waals surface area contributed by atoms with E-state index in [1.807, 2.05) is 6.92 Å². The fraction of sp³-hybridized carbons (Fsp3) is 0.692. The molecule has 0 aromatic carbocycles. The van der Waals surface area contributed by atoms with Gasteiger partial charge in [0.1, 0.15) is 5.69 Å². The molecule has 20 heavy (non-hydrogen) atoms. The smallest absolute Gasteiger partial charge is 0.274 e. The van der Waals surface area contributed by atoms with E-state index in [0.29, 0.717) is 36.8 Å². The maximum Gasteiger partial charge on any atom is 0.274 e. The normalized spacial score (nSPS) is 12.4. The zero-order valence-electron chi connectivity index (χ0n) is 12.8. The minimum absolute atomic E-state index is 0.0720. The molecule has 0 saturated heterocycles. The summed E-state index contributed by atoms with van der Waals surface area (Å²) in [7, 11) is 4.93. The predicted octanol–water partition coefficient (Wildman–Crippen LogP) is 0.434. The Hall–Kier alpha value is -1.60. The van der Waals surface area contributed by atoms with Crippen LogP contribution in [0.4, 0.5) is 5.69 Å². The van der Waals surface area contributed by atoms with Crippen molar-refractivity contribution in [3.63, 3.8) is 0 Å². The summed E-state index contributed by atoms with van der Waals surface area (Å²) < 4.78 is 11.7. The van der Waals surface area contributed by atoms with Crippen LogP contribution in [0.2, 0.25) is 0 Å². The Morgan fingerprint density at radius 3 is 2.55 bits per heavy atom. The summed E-state index contributed by atoms with van der Waals surface area (Å²) in [5.41, 5.74) is 7.43. The van der Waals surface area contributed by atoms with Crippen molar-refractivity contribution in [2.24, 2.45) is 7.05 Å². The molecule has 1 unspecified atom stereocenters. The maximum absolute atomic E-state index is 12.7. The van der Waals surface area contributed by atoms with Gasteiger partial charge in [-0.2, -0.15) is 5.10 Å². The van der Waals surface area contributed by atoms with Crippen LogP contribution in [0.5, 0.6) is 0 Å². The van der Waals surface area contributed by atoms with Gasteiger partial charge in [-0.25, -0.2) is 0 Å². The number of anilines is 1. The topological polar surface area (TPSA) is 82.6 Å². The lowest BCUT2D eigenvalue weighted by atomic mass is 10.2. The number of nitrogens with zero attached hydrogens (tertiary/aromatic N) is 3. The molecule has 1 rings (SSSR count). The average Bonchev–Trinajstić information content (AvgIpc) is 2.63. The van der Waals surface area contributed by atoms with E-state index < -0.39 is 0 Å². The third-order valence-corrected chi connectivity index (χ3v) is 3.21. The minimum atomic E-state index is -0.160. The molecule has 7 heteroatoms. The maximum atomic E-state index is 12.7. The van der Waals surface area contributed by atoms with E-state index in [-0.39, 0.29) is 11.9 Å². The number of carbonyl (C=O) groups excluding carboxylic acids is 1. The van der Waals surface area contributed by atoms with E-state index in [4.69, 9.17) is 15.2 Å². The number of rotatable bonds is 7. The third-order valence-electron chi connectivity index (χ3n) is 3.21. The fourth-order valence-electron chi connectivity index (χ4n) is 2.11. The Balaban J connectivity index is 3.02. The van der Waals surface area contributed by atoms with Crippen LogP contribution in [0.3, 0.4) is 0 Å². The lowest BCUT2D eigenvalue weighted by Gasteiger charge is -2.28. The number of ether oxygens (including phenoxy) is 2. The largest absolute Gasteiger partial charge is 0.395 e. The number of hydrogen-bond acceptors (Lipinski definition) is 5. The second kappa shape index (κ2) is 7.25. The number of nitrogen functional groups attached to an aromatic ring is 1. The zero-order valence-corrected chi connectivity index (χ0v) is 12.8. The summed E-state index contributed by atoms with van der Waals surface area (Å²) in [5.74, 6) is -0.160. The Bertz CT molecular complexity index is 459. The van der Waals surface area contributed by atoms with Crippen molar-refractivity contribution in [1.29, 1.82) is 0 Å². The summed E-state index contributed by atoms with van der Waals surface area (Å²) in [6.45, 7) is 5.09. The molecule has 0 saturated carbocycles. The molecule has 0 fully saturated rings. The van der Waals surface area contributed by atoms with Gasteiger partial charge in [-0.1, -0.05) is 0 Å². The van der Waals surface area contributed by atoms with E-state index >= 15 is 0 Å². The van der Waals surface area contributed by atoms with Gasteiger partial charge in [-0.3, -0.25) is 9.48 Å². The number of carbonyl (C=O) groups is 1. The summed E-state index contributed by atoms with van der Waals surface area (Å²) in [4.78, 5) is 14.4. The van der Waals surface area contributed by atoms with Gasteiger partial charge in [0, 0.05) is 27.8 Å². The number of nitrogens with two attached hydrogens (primary N) is 1. The highest BCUT2D eigenvalue weighted by atomic mass is 16.5. The molecular weight excluding hydrogens is 260 g/mol. The number of aryl methyl sites for hydroxylation is 2. The SMILES string of the molecule is COCCN(C(=O)c1c(N)c(C)nn1C)C(C)COC. The van der Waals surface area contributed by atoms with Gasteiger partial charge in [0.05, 0.1) is 30.6 Å². The molecule has 1 heterocycles. The van der Waals surface area contributed by atoms with Crippen molar-refractivity contribution in [2.75, 3.05) is 39.7 Å². The van der Waals surface area contributed by atoms with Crippen molar-refractivity contribution < 1.29 is 14.3 Å². The molecule has 114 valence electrons. The quantitative estimate of drug-likeness (QED) is 0.785. The Kier molecular flexibility index (Phi) is 5.97. The average molecular weight is 284 g/mol. The number of amides is 1. The highest BCUT2D eigenvalue weighted by molar-refractivity contribution is 5.98. The van der Waals surface area contributed by atoms with Crippen molar-refractivity contribution in [1.82, 2.24) is 14.7 Å². The molecular formula is C13H24N4O3. The molecule has 7 nitrogen and oxygen atoms in total.